The highest BCUT2D eigenvalue weighted by Gasteiger charge is 2.11. The lowest BCUT2D eigenvalue weighted by Gasteiger charge is -2.05. The molecule has 1 amide bonds. The number of hydrogen-bond acceptors (Lipinski definition) is 5. The number of aromatic amines is 1. The maximum Gasteiger partial charge on any atom is 0.269 e. The predicted octanol–water partition coefficient (Wildman–Crippen LogP) is 2.10. The van der Waals surface area contributed by atoms with E-state index in [1.54, 1.807) is 18.2 Å². The topological polar surface area (TPSA) is 127 Å². The first-order valence-corrected chi connectivity index (χ1v) is 10.6. The Kier molecular flexibility index (Phi) is 6.30. The van der Waals surface area contributed by atoms with Crippen molar-refractivity contribution in [2.24, 2.45) is 5.14 Å². The van der Waals surface area contributed by atoms with Crippen LogP contribution in [-0.4, -0.2) is 37.7 Å². The number of sulfonamides is 1. The minimum atomic E-state index is -3.70. The fourth-order valence-electron chi connectivity index (χ4n) is 2.74. The van der Waals surface area contributed by atoms with Crippen molar-refractivity contribution in [2.45, 2.75) is 18.2 Å². The molecule has 0 bridgehead atoms. The number of amides is 1. The van der Waals surface area contributed by atoms with Gasteiger partial charge in [0, 0.05) is 12.1 Å². The van der Waals surface area contributed by atoms with Gasteiger partial charge < -0.3 is 10.1 Å². The number of carbonyl (C=O) groups is 1. The molecular weight excluding hydrogens is 392 g/mol. The molecule has 0 fully saturated rings. The number of nitrogens with zero attached hydrogens (tertiary/aromatic N) is 1. The molecule has 0 unspecified atom stereocenters. The van der Waals surface area contributed by atoms with Gasteiger partial charge in [-0.3, -0.25) is 9.89 Å². The number of H-pyrrole nitrogens is 1. The smallest absolute Gasteiger partial charge is 0.269 e. The van der Waals surface area contributed by atoms with Crippen LogP contribution in [0.25, 0.3) is 11.3 Å². The first-order chi connectivity index (χ1) is 13.9. The molecule has 0 radical (unpaired) electrons. The van der Waals surface area contributed by atoms with Crippen LogP contribution in [0.1, 0.15) is 23.0 Å². The van der Waals surface area contributed by atoms with Crippen LogP contribution in [-0.2, 0) is 16.4 Å². The number of benzene rings is 2. The second kappa shape index (κ2) is 8.89. The summed E-state index contributed by atoms with van der Waals surface area (Å²) in [6.45, 7) is 2.92. The monoisotopic (exact) mass is 414 g/mol. The molecule has 0 aliphatic carbocycles. The summed E-state index contributed by atoms with van der Waals surface area (Å²) in [5.41, 5.74) is 2.78. The van der Waals surface area contributed by atoms with Crippen molar-refractivity contribution in [1.82, 2.24) is 15.5 Å². The van der Waals surface area contributed by atoms with E-state index >= 15 is 0 Å². The molecule has 152 valence electrons. The molecule has 3 aromatic rings. The zero-order valence-corrected chi connectivity index (χ0v) is 16.7. The van der Waals surface area contributed by atoms with E-state index in [1.165, 1.54) is 12.1 Å². The lowest BCUT2D eigenvalue weighted by atomic mass is 10.1. The predicted molar refractivity (Wildman–Crippen MR) is 109 cm³/mol. The summed E-state index contributed by atoms with van der Waals surface area (Å²) >= 11 is 0. The molecule has 0 spiro atoms. The van der Waals surface area contributed by atoms with Crippen LogP contribution in [0.2, 0.25) is 0 Å². The van der Waals surface area contributed by atoms with Crippen molar-refractivity contribution in [2.75, 3.05) is 13.2 Å². The van der Waals surface area contributed by atoms with E-state index < -0.39 is 10.0 Å². The van der Waals surface area contributed by atoms with Crippen LogP contribution in [0.5, 0.6) is 5.75 Å². The van der Waals surface area contributed by atoms with Gasteiger partial charge in [0.05, 0.1) is 17.2 Å². The molecule has 0 saturated carbocycles. The van der Waals surface area contributed by atoms with Gasteiger partial charge >= 0.3 is 0 Å². The molecule has 2 aromatic carbocycles. The zero-order chi connectivity index (χ0) is 20.9. The van der Waals surface area contributed by atoms with Crippen LogP contribution in [0.3, 0.4) is 0 Å². The van der Waals surface area contributed by atoms with Crippen molar-refractivity contribution < 1.29 is 17.9 Å². The highest BCUT2D eigenvalue weighted by molar-refractivity contribution is 7.89. The second-order valence-corrected chi connectivity index (χ2v) is 7.88. The van der Waals surface area contributed by atoms with E-state index in [2.05, 4.69) is 15.5 Å². The van der Waals surface area contributed by atoms with Crippen LogP contribution < -0.4 is 15.2 Å². The Bertz CT molecular complexity index is 1070. The molecule has 1 aromatic heterocycles. The molecule has 0 saturated heterocycles. The molecule has 3 rings (SSSR count). The van der Waals surface area contributed by atoms with Gasteiger partial charge in [0.1, 0.15) is 11.4 Å². The number of primary sulfonamides is 1. The van der Waals surface area contributed by atoms with E-state index in [-0.39, 0.29) is 10.8 Å². The maximum absolute atomic E-state index is 12.3. The van der Waals surface area contributed by atoms with E-state index in [4.69, 9.17) is 9.88 Å². The third-order valence-electron chi connectivity index (χ3n) is 4.23. The Morgan fingerprint density at radius 1 is 1.14 bits per heavy atom. The fraction of sp³-hybridized carbons (Fsp3) is 0.200. The molecule has 0 aliphatic heterocycles. The second-order valence-electron chi connectivity index (χ2n) is 6.32. The van der Waals surface area contributed by atoms with Crippen molar-refractivity contribution in [1.29, 1.82) is 0 Å². The minimum absolute atomic E-state index is 0.0598. The molecule has 8 nitrogen and oxygen atoms in total. The molecule has 1 heterocycles. The van der Waals surface area contributed by atoms with E-state index in [0.29, 0.717) is 31.0 Å². The Morgan fingerprint density at radius 3 is 2.45 bits per heavy atom. The molecule has 9 heteroatoms. The SMILES string of the molecule is CCOc1ccc(-c2cc(C(=O)NCCc3ccc(S(N)(=O)=O)cc3)[nH]n2)cc1. The molecule has 4 N–H and O–H groups in total. The Balaban J connectivity index is 1.55. The Labute approximate surface area is 169 Å². The normalized spacial score (nSPS) is 11.2. The number of nitrogens with one attached hydrogen (secondary N) is 2. The summed E-state index contributed by atoms with van der Waals surface area (Å²) in [6, 6.07) is 15.4. The van der Waals surface area contributed by atoms with Gasteiger partial charge in [0.2, 0.25) is 10.0 Å². The van der Waals surface area contributed by atoms with E-state index in [9.17, 15) is 13.2 Å². The van der Waals surface area contributed by atoms with Crippen molar-refractivity contribution in [3.05, 3.63) is 65.9 Å². The quantitative estimate of drug-likeness (QED) is 0.520. The van der Waals surface area contributed by atoms with Crippen LogP contribution in [0.15, 0.2) is 59.5 Å². The van der Waals surface area contributed by atoms with Gasteiger partial charge in [-0.15, -0.1) is 0 Å². The Morgan fingerprint density at radius 2 is 1.83 bits per heavy atom. The van der Waals surface area contributed by atoms with Gasteiger partial charge in [-0.25, -0.2) is 13.6 Å². The fourth-order valence-corrected chi connectivity index (χ4v) is 3.25. The first kappa shape index (κ1) is 20.6. The zero-order valence-electron chi connectivity index (χ0n) is 15.9. The van der Waals surface area contributed by atoms with Crippen molar-refractivity contribution >= 4 is 15.9 Å². The van der Waals surface area contributed by atoms with Gasteiger partial charge in [-0.1, -0.05) is 12.1 Å². The average Bonchev–Trinajstić information content (AvgIpc) is 3.19. The van der Waals surface area contributed by atoms with Gasteiger partial charge in [0.25, 0.3) is 5.91 Å². The van der Waals surface area contributed by atoms with Crippen LogP contribution in [0.4, 0.5) is 0 Å². The molecule has 29 heavy (non-hydrogen) atoms. The summed E-state index contributed by atoms with van der Waals surface area (Å²) in [5.74, 6) is 0.512. The number of aromatic nitrogens is 2. The molecule has 0 atom stereocenters. The third kappa shape index (κ3) is 5.43. The summed E-state index contributed by atoms with van der Waals surface area (Å²) in [4.78, 5) is 12.4. The first-order valence-electron chi connectivity index (χ1n) is 9.05. The van der Waals surface area contributed by atoms with Gasteiger partial charge in [-0.05, 0) is 61.4 Å². The van der Waals surface area contributed by atoms with Crippen molar-refractivity contribution in [3.63, 3.8) is 0 Å². The number of nitrogens with two attached hydrogens (primary N) is 1. The summed E-state index contributed by atoms with van der Waals surface area (Å²) in [6.07, 6.45) is 0.552. The standard InChI is InChI=1S/C20H22N4O4S/c1-2-28-16-7-5-15(6-8-16)18-13-19(24-23-18)20(25)22-12-11-14-3-9-17(10-4-14)29(21,26)27/h3-10,13H,2,11-12H2,1H3,(H,22,25)(H,23,24)(H2,21,26,27). The number of carbonyl (C=O) groups excluding carboxylic acids is 1. The van der Waals surface area contributed by atoms with E-state index in [1.807, 2.05) is 31.2 Å². The van der Waals surface area contributed by atoms with Crippen LogP contribution in [0, 0.1) is 0 Å². The lowest BCUT2D eigenvalue weighted by molar-refractivity contribution is 0.0949. The maximum atomic E-state index is 12.3. The van der Waals surface area contributed by atoms with Crippen LogP contribution >= 0.6 is 0 Å². The highest BCUT2D eigenvalue weighted by atomic mass is 32.2. The third-order valence-corrected chi connectivity index (χ3v) is 5.16. The summed E-state index contributed by atoms with van der Waals surface area (Å²) in [5, 5.41) is 14.8. The number of rotatable bonds is 8. The largest absolute Gasteiger partial charge is 0.494 e. The van der Waals surface area contributed by atoms with Gasteiger partial charge in [0.15, 0.2) is 0 Å². The molecular formula is C20H22N4O4S. The number of hydrogen-bond donors (Lipinski definition) is 3. The summed E-state index contributed by atoms with van der Waals surface area (Å²) in [7, 11) is -3.70. The molecule has 0 aliphatic rings. The van der Waals surface area contributed by atoms with E-state index in [0.717, 1.165) is 16.9 Å². The van der Waals surface area contributed by atoms with Gasteiger partial charge in [-0.2, -0.15) is 5.10 Å². The summed E-state index contributed by atoms with van der Waals surface area (Å²) < 4.78 is 27.9. The average molecular weight is 414 g/mol. The Hall–Kier alpha value is -3.17. The lowest BCUT2D eigenvalue weighted by Crippen LogP contribution is -2.26. The minimum Gasteiger partial charge on any atom is -0.494 e. The highest BCUT2D eigenvalue weighted by Crippen LogP contribution is 2.21. The number of ether oxygens (including phenoxy) is 1. The van der Waals surface area contributed by atoms with Crippen molar-refractivity contribution in [3.8, 4) is 17.0 Å².